The maximum Gasteiger partial charge on any atom is 0.194 e. The fraction of sp³-hybridized carbons (Fsp3) is 0.235. The van der Waals surface area contributed by atoms with Crippen LogP contribution in [0.25, 0.3) is 0 Å². The highest BCUT2D eigenvalue weighted by Crippen LogP contribution is 2.17. The first kappa shape index (κ1) is 15.3. The number of aryl methyl sites for hydroxylation is 1. The van der Waals surface area contributed by atoms with Crippen LogP contribution in [0.2, 0.25) is 0 Å². The van der Waals surface area contributed by atoms with E-state index in [0.717, 1.165) is 24.8 Å². The van der Waals surface area contributed by atoms with Crippen molar-refractivity contribution < 1.29 is 18.0 Å². The lowest BCUT2D eigenvalue weighted by Crippen LogP contribution is -2.04. The minimum atomic E-state index is -1.57. The van der Waals surface area contributed by atoms with Gasteiger partial charge in [0, 0.05) is 11.1 Å². The topological polar surface area (TPSA) is 17.1 Å². The molecule has 2 aromatic carbocycles. The molecule has 0 saturated carbocycles. The van der Waals surface area contributed by atoms with Crippen LogP contribution >= 0.6 is 0 Å². The maximum absolute atomic E-state index is 13.2. The van der Waals surface area contributed by atoms with Crippen molar-refractivity contribution in [2.24, 2.45) is 0 Å². The minimum Gasteiger partial charge on any atom is -0.289 e. The van der Waals surface area contributed by atoms with Crippen LogP contribution in [0, 0.1) is 17.5 Å². The van der Waals surface area contributed by atoms with Crippen molar-refractivity contribution in [3.8, 4) is 0 Å². The average molecular weight is 292 g/mol. The van der Waals surface area contributed by atoms with Gasteiger partial charge in [0.1, 0.15) is 0 Å². The molecule has 2 aromatic rings. The Kier molecular flexibility index (Phi) is 4.78. The molecule has 0 saturated heterocycles. The van der Waals surface area contributed by atoms with Gasteiger partial charge in [0.25, 0.3) is 0 Å². The Balaban J connectivity index is 2.24. The number of carbonyl (C=O) groups is 1. The molecule has 0 aromatic heterocycles. The van der Waals surface area contributed by atoms with Gasteiger partial charge in [-0.25, -0.2) is 13.2 Å². The standard InChI is InChI=1S/C17H15F3O/c1-2-3-4-11-5-7-12(8-6-11)17(21)13-9-14(18)16(20)15(19)10-13/h5-10H,2-4H2,1H3. The molecule has 0 N–H and O–H groups in total. The summed E-state index contributed by atoms with van der Waals surface area (Å²) in [5.41, 5.74) is 1.22. The molecule has 0 aliphatic heterocycles. The van der Waals surface area contributed by atoms with E-state index in [1.807, 2.05) is 12.1 Å². The normalized spacial score (nSPS) is 10.7. The van der Waals surface area contributed by atoms with Crippen molar-refractivity contribution in [3.63, 3.8) is 0 Å². The summed E-state index contributed by atoms with van der Waals surface area (Å²) in [5, 5.41) is 0. The van der Waals surface area contributed by atoms with Gasteiger partial charge >= 0.3 is 0 Å². The molecule has 0 heterocycles. The van der Waals surface area contributed by atoms with E-state index in [4.69, 9.17) is 0 Å². The average Bonchev–Trinajstić information content (AvgIpc) is 2.50. The van der Waals surface area contributed by atoms with Crippen LogP contribution < -0.4 is 0 Å². The van der Waals surface area contributed by atoms with Crippen LogP contribution in [-0.4, -0.2) is 5.78 Å². The Morgan fingerprint density at radius 3 is 2.05 bits per heavy atom. The van der Waals surface area contributed by atoms with Crippen molar-refractivity contribution in [2.75, 3.05) is 0 Å². The van der Waals surface area contributed by atoms with Gasteiger partial charge in [-0.05, 0) is 30.5 Å². The van der Waals surface area contributed by atoms with Crippen molar-refractivity contribution in [2.45, 2.75) is 26.2 Å². The van der Waals surface area contributed by atoms with Gasteiger partial charge < -0.3 is 0 Å². The van der Waals surface area contributed by atoms with Crippen LogP contribution in [-0.2, 0) is 6.42 Å². The number of unbranched alkanes of at least 4 members (excludes halogenated alkanes) is 1. The summed E-state index contributed by atoms with van der Waals surface area (Å²) in [7, 11) is 0. The van der Waals surface area contributed by atoms with Gasteiger partial charge in [0.05, 0.1) is 0 Å². The van der Waals surface area contributed by atoms with Crippen LogP contribution in [0.5, 0.6) is 0 Å². The SMILES string of the molecule is CCCCc1ccc(C(=O)c2cc(F)c(F)c(F)c2)cc1. The number of hydrogen-bond acceptors (Lipinski definition) is 1. The molecule has 0 atom stereocenters. The predicted molar refractivity (Wildman–Crippen MR) is 74.8 cm³/mol. The van der Waals surface area contributed by atoms with E-state index >= 15 is 0 Å². The van der Waals surface area contributed by atoms with E-state index in [1.165, 1.54) is 0 Å². The summed E-state index contributed by atoms with van der Waals surface area (Å²) in [6.45, 7) is 2.09. The molecule has 0 aliphatic carbocycles. The van der Waals surface area contributed by atoms with Gasteiger partial charge in [-0.1, -0.05) is 37.6 Å². The highest BCUT2D eigenvalue weighted by Gasteiger charge is 2.16. The zero-order chi connectivity index (χ0) is 15.4. The number of hydrogen-bond donors (Lipinski definition) is 0. The first-order chi connectivity index (χ1) is 10.0. The molecule has 2 rings (SSSR count). The number of benzene rings is 2. The second-order valence-electron chi connectivity index (χ2n) is 4.88. The second kappa shape index (κ2) is 6.57. The first-order valence-corrected chi connectivity index (χ1v) is 6.81. The summed E-state index contributed by atoms with van der Waals surface area (Å²) in [6, 6.07) is 8.30. The monoisotopic (exact) mass is 292 g/mol. The Hall–Kier alpha value is -2.10. The highest BCUT2D eigenvalue weighted by molar-refractivity contribution is 6.09. The third-order valence-electron chi connectivity index (χ3n) is 3.28. The molecule has 1 nitrogen and oxygen atoms in total. The molecule has 0 fully saturated rings. The summed E-state index contributed by atoms with van der Waals surface area (Å²) < 4.78 is 39.2. The van der Waals surface area contributed by atoms with Gasteiger partial charge in [-0.3, -0.25) is 4.79 Å². The lowest BCUT2D eigenvalue weighted by atomic mass is 10.00. The third-order valence-corrected chi connectivity index (χ3v) is 3.28. The lowest BCUT2D eigenvalue weighted by molar-refractivity contribution is 0.103. The van der Waals surface area contributed by atoms with Crippen LogP contribution in [0.4, 0.5) is 13.2 Å². The third kappa shape index (κ3) is 3.51. The van der Waals surface area contributed by atoms with Crippen molar-refractivity contribution in [3.05, 3.63) is 70.5 Å². The molecule has 110 valence electrons. The van der Waals surface area contributed by atoms with Crippen LogP contribution in [0.1, 0.15) is 41.3 Å². The van der Waals surface area contributed by atoms with Crippen molar-refractivity contribution in [1.29, 1.82) is 0 Å². The Morgan fingerprint density at radius 1 is 0.952 bits per heavy atom. The molecular formula is C17H15F3O. The van der Waals surface area contributed by atoms with Crippen LogP contribution in [0.15, 0.2) is 36.4 Å². The molecule has 0 amide bonds. The fourth-order valence-electron chi connectivity index (χ4n) is 2.06. The predicted octanol–water partition coefficient (Wildman–Crippen LogP) is 4.68. The Labute approximate surface area is 121 Å². The van der Waals surface area contributed by atoms with E-state index in [-0.39, 0.29) is 5.56 Å². The highest BCUT2D eigenvalue weighted by atomic mass is 19.2. The summed E-state index contributed by atoms with van der Waals surface area (Å²) >= 11 is 0. The summed E-state index contributed by atoms with van der Waals surface area (Å²) in [4.78, 5) is 12.1. The molecular weight excluding hydrogens is 277 g/mol. The van der Waals surface area contributed by atoms with Gasteiger partial charge in [-0.15, -0.1) is 0 Å². The number of ketones is 1. The fourth-order valence-corrected chi connectivity index (χ4v) is 2.06. The minimum absolute atomic E-state index is 0.201. The Bertz CT molecular complexity index is 625. The van der Waals surface area contributed by atoms with Crippen molar-refractivity contribution in [1.82, 2.24) is 0 Å². The van der Waals surface area contributed by atoms with Gasteiger partial charge in [-0.2, -0.15) is 0 Å². The van der Waals surface area contributed by atoms with E-state index in [0.29, 0.717) is 17.7 Å². The number of carbonyl (C=O) groups excluding carboxylic acids is 1. The molecule has 0 unspecified atom stereocenters. The van der Waals surface area contributed by atoms with Gasteiger partial charge in [0.2, 0.25) is 0 Å². The molecule has 0 bridgehead atoms. The smallest absolute Gasteiger partial charge is 0.194 e. The zero-order valence-corrected chi connectivity index (χ0v) is 11.6. The van der Waals surface area contributed by atoms with E-state index in [2.05, 4.69) is 6.92 Å². The zero-order valence-electron chi connectivity index (χ0n) is 11.6. The van der Waals surface area contributed by atoms with Crippen molar-refractivity contribution >= 4 is 5.78 Å². The molecule has 0 radical (unpaired) electrons. The molecule has 4 heteroatoms. The van der Waals surface area contributed by atoms with Gasteiger partial charge in [0.15, 0.2) is 23.2 Å². The second-order valence-corrected chi connectivity index (χ2v) is 4.88. The Morgan fingerprint density at radius 2 is 1.52 bits per heavy atom. The molecule has 0 aliphatic rings. The van der Waals surface area contributed by atoms with Crippen LogP contribution in [0.3, 0.4) is 0 Å². The lowest BCUT2D eigenvalue weighted by Gasteiger charge is -2.05. The van der Waals surface area contributed by atoms with E-state index in [1.54, 1.807) is 12.1 Å². The molecule has 0 spiro atoms. The maximum atomic E-state index is 13.2. The quantitative estimate of drug-likeness (QED) is 0.578. The summed E-state index contributed by atoms with van der Waals surface area (Å²) in [5.74, 6) is -4.83. The first-order valence-electron chi connectivity index (χ1n) is 6.81. The number of halogens is 3. The molecule has 21 heavy (non-hydrogen) atoms. The largest absolute Gasteiger partial charge is 0.289 e. The van der Waals surface area contributed by atoms with E-state index < -0.39 is 23.2 Å². The number of rotatable bonds is 5. The van der Waals surface area contributed by atoms with E-state index in [9.17, 15) is 18.0 Å². The summed E-state index contributed by atoms with van der Waals surface area (Å²) in [6.07, 6.45) is 3.06.